The molecule has 2 amide bonds. The van der Waals surface area contributed by atoms with Crippen LogP contribution in [0.4, 0.5) is 5.69 Å². The highest BCUT2D eigenvalue weighted by Gasteiger charge is 2.24. The third-order valence-corrected chi connectivity index (χ3v) is 6.75. The molecule has 2 aromatic carbocycles. The Kier molecular flexibility index (Phi) is 5.49. The van der Waals surface area contributed by atoms with Gasteiger partial charge in [0.05, 0.1) is 10.9 Å². The normalized spacial score (nSPS) is 13.6. The van der Waals surface area contributed by atoms with Gasteiger partial charge in [-0.1, -0.05) is 30.3 Å². The first-order chi connectivity index (χ1) is 14.0. The van der Waals surface area contributed by atoms with Gasteiger partial charge in [0.1, 0.15) is 0 Å². The number of benzene rings is 2. The van der Waals surface area contributed by atoms with E-state index in [1.54, 1.807) is 28.4 Å². The van der Waals surface area contributed by atoms with Crippen LogP contribution in [0.2, 0.25) is 0 Å². The lowest BCUT2D eigenvalue weighted by Gasteiger charge is -2.25. The molecule has 0 saturated heterocycles. The minimum atomic E-state index is -0.145. The van der Waals surface area contributed by atoms with Gasteiger partial charge in [-0.15, -0.1) is 11.3 Å². The van der Waals surface area contributed by atoms with E-state index in [-0.39, 0.29) is 17.9 Å². The van der Waals surface area contributed by atoms with Crippen LogP contribution in [0.1, 0.15) is 55.4 Å². The van der Waals surface area contributed by atoms with Crippen molar-refractivity contribution in [3.05, 3.63) is 87.1 Å². The van der Waals surface area contributed by atoms with E-state index in [0.717, 1.165) is 29.0 Å². The van der Waals surface area contributed by atoms with E-state index < -0.39 is 0 Å². The summed E-state index contributed by atoms with van der Waals surface area (Å²) >= 11 is 1.63. The van der Waals surface area contributed by atoms with Crippen LogP contribution in [0.5, 0.6) is 0 Å². The molecular weight excluding hydrogens is 380 g/mol. The summed E-state index contributed by atoms with van der Waals surface area (Å²) in [4.78, 5) is 29.4. The van der Waals surface area contributed by atoms with Gasteiger partial charge in [-0.05, 0) is 67.6 Å². The molecule has 0 radical (unpaired) electrons. The maximum atomic E-state index is 13.0. The average molecular weight is 405 g/mol. The number of thiophene rings is 1. The molecule has 4 nitrogen and oxygen atoms in total. The number of carbonyl (C=O) groups is 2. The van der Waals surface area contributed by atoms with Crippen molar-refractivity contribution in [1.29, 1.82) is 0 Å². The zero-order valence-electron chi connectivity index (χ0n) is 16.6. The highest BCUT2D eigenvalue weighted by molar-refractivity contribution is 7.14. The molecule has 1 aliphatic rings. The Hall–Kier alpha value is -2.92. The van der Waals surface area contributed by atoms with Crippen LogP contribution in [0.3, 0.4) is 0 Å². The van der Waals surface area contributed by atoms with Crippen LogP contribution in [0.15, 0.2) is 60.7 Å². The molecule has 29 heavy (non-hydrogen) atoms. The van der Waals surface area contributed by atoms with Crippen molar-refractivity contribution < 1.29 is 9.59 Å². The average Bonchev–Trinajstić information content (AvgIpc) is 3.35. The van der Waals surface area contributed by atoms with Crippen molar-refractivity contribution in [1.82, 2.24) is 4.90 Å². The zero-order chi connectivity index (χ0) is 20.4. The number of aryl methyl sites for hydroxylation is 2. The number of anilines is 1. The van der Waals surface area contributed by atoms with Crippen LogP contribution in [-0.4, -0.2) is 23.8 Å². The van der Waals surface area contributed by atoms with Gasteiger partial charge in [-0.3, -0.25) is 9.59 Å². The fourth-order valence-electron chi connectivity index (χ4n) is 3.68. The number of hydrogen-bond acceptors (Lipinski definition) is 3. The topological polar surface area (TPSA) is 49.4 Å². The summed E-state index contributed by atoms with van der Waals surface area (Å²) in [5.41, 5.74) is 3.66. The number of nitrogens with one attached hydrogen (secondary N) is 1. The van der Waals surface area contributed by atoms with E-state index in [1.165, 1.54) is 16.9 Å². The van der Waals surface area contributed by atoms with Crippen LogP contribution in [0.25, 0.3) is 0 Å². The van der Waals surface area contributed by atoms with E-state index in [4.69, 9.17) is 0 Å². The van der Waals surface area contributed by atoms with Gasteiger partial charge < -0.3 is 10.2 Å². The second-order valence-corrected chi connectivity index (χ2v) is 8.59. The predicted octanol–water partition coefficient (Wildman–Crippen LogP) is 5.32. The monoisotopic (exact) mass is 404 g/mol. The lowest BCUT2D eigenvalue weighted by atomic mass is 10.1. The molecule has 1 unspecified atom stereocenters. The molecule has 3 aromatic rings. The molecule has 4 rings (SSSR count). The smallest absolute Gasteiger partial charge is 0.264 e. The minimum Gasteiger partial charge on any atom is -0.334 e. The third kappa shape index (κ3) is 4.10. The maximum absolute atomic E-state index is 13.0. The minimum absolute atomic E-state index is 0.0515. The first-order valence-electron chi connectivity index (χ1n) is 9.88. The first kappa shape index (κ1) is 19.4. The maximum Gasteiger partial charge on any atom is 0.264 e. The summed E-state index contributed by atoms with van der Waals surface area (Å²) in [5, 5.41) is 2.94. The molecule has 0 bridgehead atoms. The molecule has 0 fully saturated rings. The van der Waals surface area contributed by atoms with Gasteiger partial charge in [0.25, 0.3) is 11.8 Å². The highest BCUT2D eigenvalue weighted by Crippen LogP contribution is 2.32. The number of nitrogens with zero attached hydrogens (tertiary/aromatic N) is 1. The Balaban J connectivity index is 1.48. The summed E-state index contributed by atoms with van der Waals surface area (Å²) in [6.45, 7) is 2.01. The molecule has 1 heterocycles. The lowest BCUT2D eigenvalue weighted by Crippen LogP contribution is -2.29. The molecule has 0 aliphatic heterocycles. The SMILES string of the molecule is CC(c1cccc(NC(=O)c2ccccc2)c1)N(C)C(=O)c1cc2c(s1)CCC2. The largest absolute Gasteiger partial charge is 0.334 e. The number of amides is 2. The lowest BCUT2D eigenvalue weighted by molar-refractivity contribution is 0.0747. The molecule has 1 aromatic heterocycles. The molecular formula is C24H24N2O2S. The standard InChI is InChI=1S/C24H24N2O2S/c1-16(26(2)24(28)22-15-19-11-7-13-21(19)29-22)18-10-6-12-20(14-18)25-23(27)17-8-4-3-5-9-17/h3-6,8-10,12,14-16H,7,11,13H2,1-2H3,(H,25,27). The summed E-state index contributed by atoms with van der Waals surface area (Å²) in [6.07, 6.45) is 3.38. The highest BCUT2D eigenvalue weighted by atomic mass is 32.1. The Labute approximate surface area is 175 Å². The Morgan fingerprint density at radius 1 is 1.03 bits per heavy atom. The van der Waals surface area contributed by atoms with E-state index in [1.807, 2.05) is 56.4 Å². The van der Waals surface area contributed by atoms with Crippen molar-refractivity contribution in [2.24, 2.45) is 0 Å². The molecule has 1 N–H and O–H groups in total. The van der Waals surface area contributed by atoms with Crippen LogP contribution < -0.4 is 5.32 Å². The second-order valence-electron chi connectivity index (χ2n) is 7.45. The van der Waals surface area contributed by atoms with Gasteiger partial charge in [-0.2, -0.15) is 0 Å². The van der Waals surface area contributed by atoms with Crippen molar-refractivity contribution in [2.45, 2.75) is 32.2 Å². The van der Waals surface area contributed by atoms with Crippen molar-refractivity contribution in [2.75, 3.05) is 12.4 Å². The van der Waals surface area contributed by atoms with Gasteiger partial charge >= 0.3 is 0 Å². The third-order valence-electron chi connectivity index (χ3n) is 5.52. The van der Waals surface area contributed by atoms with Crippen LogP contribution in [-0.2, 0) is 12.8 Å². The van der Waals surface area contributed by atoms with Crippen molar-refractivity contribution in [3.63, 3.8) is 0 Å². The van der Waals surface area contributed by atoms with Crippen molar-refractivity contribution in [3.8, 4) is 0 Å². The first-order valence-corrected chi connectivity index (χ1v) is 10.7. The molecule has 0 spiro atoms. The number of hydrogen-bond donors (Lipinski definition) is 1. The predicted molar refractivity (Wildman–Crippen MR) is 118 cm³/mol. The molecule has 0 saturated carbocycles. The number of carbonyl (C=O) groups excluding carboxylic acids is 2. The van der Waals surface area contributed by atoms with Gasteiger partial charge in [0, 0.05) is 23.2 Å². The molecule has 1 atom stereocenters. The molecule has 5 heteroatoms. The zero-order valence-corrected chi connectivity index (χ0v) is 17.5. The summed E-state index contributed by atoms with van der Waals surface area (Å²) in [6, 6.07) is 18.8. The van der Waals surface area contributed by atoms with Gasteiger partial charge in [-0.25, -0.2) is 0 Å². The summed E-state index contributed by atoms with van der Waals surface area (Å²) < 4.78 is 0. The summed E-state index contributed by atoms with van der Waals surface area (Å²) in [5.74, 6) is -0.0939. The quantitative estimate of drug-likeness (QED) is 0.625. The Morgan fingerprint density at radius 2 is 1.83 bits per heavy atom. The summed E-state index contributed by atoms with van der Waals surface area (Å²) in [7, 11) is 1.84. The molecule has 1 aliphatic carbocycles. The van der Waals surface area contributed by atoms with Crippen molar-refractivity contribution >= 4 is 28.8 Å². The molecule has 148 valence electrons. The van der Waals surface area contributed by atoms with E-state index >= 15 is 0 Å². The Morgan fingerprint density at radius 3 is 2.59 bits per heavy atom. The van der Waals surface area contributed by atoms with Gasteiger partial charge in [0.15, 0.2) is 0 Å². The number of fused-ring (bicyclic) bond motifs is 1. The van der Waals surface area contributed by atoms with E-state index in [2.05, 4.69) is 11.4 Å². The van der Waals surface area contributed by atoms with E-state index in [9.17, 15) is 9.59 Å². The Bertz CT molecular complexity index is 1020. The fraction of sp³-hybridized carbons (Fsp3) is 0.250. The fourth-order valence-corrected chi connectivity index (χ4v) is 4.91. The van der Waals surface area contributed by atoms with Gasteiger partial charge in [0.2, 0.25) is 0 Å². The van der Waals surface area contributed by atoms with Crippen LogP contribution in [0, 0.1) is 0 Å². The second kappa shape index (κ2) is 8.21. The van der Waals surface area contributed by atoms with Crippen LogP contribution >= 0.6 is 11.3 Å². The van der Waals surface area contributed by atoms with E-state index in [0.29, 0.717) is 5.56 Å². The number of rotatable bonds is 5.